The number of halogens is 1. The minimum absolute atomic E-state index is 0.235. The second-order valence-electron chi connectivity index (χ2n) is 4.45. The van der Waals surface area contributed by atoms with Crippen LogP contribution in [0, 0.1) is 19.7 Å². The van der Waals surface area contributed by atoms with E-state index in [-0.39, 0.29) is 5.82 Å². The van der Waals surface area contributed by atoms with Crippen molar-refractivity contribution in [1.29, 1.82) is 0 Å². The minimum Gasteiger partial charge on any atom is -0.388 e. The number of aliphatic hydroxyl groups excluding tert-OH is 1. The first-order chi connectivity index (χ1) is 8.56. The van der Waals surface area contributed by atoms with Crippen LogP contribution in [0.25, 0.3) is 0 Å². The molecule has 1 unspecified atom stereocenters. The zero-order chi connectivity index (χ0) is 13.1. The Bertz CT molecular complexity index is 538. The molecule has 1 heterocycles. The van der Waals surface area contributed by atoms with Crippen LogP contribution in [-0.4, -0.2) is 10.1 Å². The standard InChI is InChI=1S/C14H16FNOS/c1-9-7-11(3-4-12(9)15)13(17)5-6-14-16-10(2)8-18-14/h3-4,7-8,13,17H,5-6H2,1-2H3. The predicted molar refractivity (Wildman–Crippen MR) is 71.3 cm³/mol. The van der Waals surface area contributed by atoms with Gasteiger partial charge in [0.15, 0.2) is 0 Å². The van der Waals surface area contributed by atoms with Crippen LogP contribution in [0.2, 0.25) is 0 Å². The number of hydrogen-bond donors (Lipinski definition) is 1. The van der Waals surface area contributed by atoms with E-state index >= 15 is 0 Å². The molecule has 1 aromatic carbocycles. The van der Waals surface area contributed by atoms with Crippen LogP contribution in [0.3, 0.4) is 0 Å². The molecule has 1 aromatic heterocycles. The van der Waals surface area contributed by atoms with Crippen LogP contribution in [0.1, 0.15) is 34.4 Å². The van der Waals surface area contributed by atoms with Crippen LogP contribution in [-0.2, 0) is 6.42 Å². The molecular weight excluding hydrogens is 249 g/mol. The van der Waals surface area contributed by atoms with E-state index in [0.29, 0.717) is 12.0 Å². The number of benzene rings is 1. The molecule has 0 aliphatic rings. The number of aliphatic hydroxyl groups is 1. The topological polar surface area (TPSA) is 33.1 Å². The molecule has 96 valence electrons. The van der Waals surface area contributed by atoms with E-state index in [4.69, 9.17) is 0 Å². The van der Waals surface area contributed by atoms with Gasteiger partial charge in [0.1, 0.15) is 5.82 Å². The fourth-order valence-electron chi connectivity index (χ4n) is 1.82. The van der Waals surface area contributed by atoms with Crippen molar-refractivity contribution in [2.75, 3.05) is 0 Å². The van der Waals surface area contributed by atoms with E-state index in [2.05, 4.69) is 4.98 Å². The lowest BCUT2D eigenvalue weighted by Gasteiger charge is -2.11. The SMILES string of the molecule is Cc1csc(CCC(O)c2ccc(F)c(C)c2)n1. The molecular formula is C14H16FNOS. The van der Waals surface area contributed by atoms with Crippen molar-refractivity contribution < 1.29 is 9.50 Å². The average Bonchev–Trinajstić information content (AvgIpc) is 2.75. The van der Waals surface area contributed by atoms with Gasteiger partial charge in [-0.1, -0.05) is 12.1 Å². The molecule has 0 amide bonds. The lowest BCUT2D eigenvalue weighted by molar-refractivity contribution is 0.167. The first-order valence-electron chi connectivity index (χ1n) is 5.91. The highest BCUT2D eigenvalue weighted by Crippen LogP contribution is 2.22. The maximum atomic E-state index is 13.1. The molecule has 0 aliphatic heterocycles. The maximum Gasteiger partial charge on any atom is 0.126 e. The van der Waals surface area contributed by atoms with Crippen LogP contribution in [0.4, 0.5) is 4.39 Å². The fourth-order valence-corrected chi connectivity index (χ4v) is 2.61. The molecule has 2 rings (SSSR count). The highest BCUT2D eigenvalue weighted by Gasteiger charge is 2.10. The number of hydrogen-bond acceptors (Lipinski definition) is 3. The van der Waals surface area contributed by atoms with Crippen LogP contribution in [0.5, 0.6) is 0 Å². The molecule has 2 aromatic rings. The van der Waals surface area contributed by atoms with Gasteiger partial charge in [-0.25, -0.2) is 9.37 Å². The van der Waals surface area contributed by atoms with Gasteiger partial charge in [-0.05, 0) is 37.5 Å². The Labute approximate surface area is 110 Å². The second kappa shape index (κ2) is 5.59. The molecule has 1 N–H and O–H groups in total. The Hall–Kier alpha value is -1.26. The zero-order valence-corrected chi connectivity index (χ0v) is 11.3. The summed E-state index contributed by atoms with van der Waals surface area (Å²) in [6, 6.07) is 4.74. The number of aromatic nitrogens is 1. The molecule has 0 fully saturated rings. The molecule has 0 bridgehead atoms. The summed E-state index contributed by atoms with van der Waals surface area (Å²) in [7, 11) is 0. The summed E-state index contributed by atoms with van der Waals surface area (Å²) in [5, 5.41) is 13.1. The molecule has 0 aliphatic carbocycles. The summed E-state index contributed by atoms with van der Waals surface area (Å²) in [4.78, 5) is 4.36. The quantitative estimate of drug-likeness (QED) is 0.916. The number of thiazole rings is 1. The van der Waals surface area contributed by atoms with E-state index in [0.717, 1.165) is 22.7 Å². The highest BCUT2D eigenvalue weighted by molar-refractivity contribution is 7.09. The van der Waals surface area contributed by atoms with E-state index in [1.807, 2.05) is 12.3 Å². The van der Waals surface area contributed by atoms with Crippen LogP contribution in [0.15, 0.2) is 23.6 Å². The van der Waals surface area contributed by atoms with Gasteiger partial charge < -0.3 is 5.11 Å². The summed E-state index contributed by atoms with van der Waals surface area (Å²) < 4.78 is 13.1. The molecule has 18 heavy (non-hydrogen) atoms. The highest BCUT2D eigenvalue weighted by atomic mass is 32.1. The number of nitrogens with zero attached hydrogens (tertiary/aromatic N) is 1. The van der Waals surface area contributed by atoms with Crippen molar-refractivity contribution in [2.45, 2.75) is 32.8 Å². The molecule has 1 atom stereocenters. The van der Waals surface area contributed by atoms with E-state index < -0.39 is 6.10 Å². The maximum absolute atomic E-state index is 13.1. The molecule has 0 spiro atoms. The summed E-state index contributed by atoms with van der Waals surface area (Å²) in [5.74, 6) is -0.235. The molecule has 0 saturated heterocycles. The number of aryl methyl sites for hydroxylation is 3. The van der Waals surface area contributed by atoms with Gasteiger partial charge in [0.2, 0.25) is 0 Å². The molecule has 2 nitrogen and oxygen atoms in total. The predicted octanol–water partition coefficient (Wildman–Crippen LogP) is 3.57. The first kappa shape index (κ1) is 13.2. The van der Waals surface area contributed by atoms with Gasteiger partial charge in [-0.2, -0.15) is 0 Å². The zero-order valence-electron chi connectivity index (χ0n) is 10.5. The lowest BCUT2D eigenvalue weighted by atomic mass is 10.0. The third-order valence-electron chi connectivity index (χ3n) is 2.86. The van der Waals surface area contributed by atoms with E-state index in [9.17, 15) is 9.50 Å². The van der Waals surface area contributed by atoms with E-state index in [1.54, 1.807) is 30.4 Å². The Balaban J connectivity index is 1.99. The molecule has 0 saturated carbocycles. The van der Waals surface area contributed by atoms with Crippen molar-refractivity contribution in [2.24, 2.45) is 0 Å². The monoisotopic (exact) mass is 265 g/mol. The van der Waals surface area contributed by atoms with Crippen molar-refractivity contribution in [3.63, 3.8) is 0 Å². The lowest BCUT2D eigenvalue weighted by Crippen LogP contribution is -2.00. The Kier molecular flexibility index (Phi) is 4.09. The molecule has 0 radical (unpaired) electrons. The third kappa shape index (κ3) is 3.15. The largest absolute Gasteiger partial charge is 0.388 e. The van der Waals surface area contributed by atoms with Crippen molar-refractivity contribution in [3.05, 3.63) is 51.2 Å². The van der Waals surface area contributed by atoms with Gasteiger partial charge in [0.25, 0.3) is 0 Å². The fraction of sp³-hybridized carbons (Fsp3) is 0.357. The number of rotatable bonds is 4. The van der Waals surface area contributed by atoms with Crippen LogP contribution >= 0.6 is 11.3 Å². The summed E-state index contributed by atoms with van der Waals surface area (Å²) in [5.41, 5.74) is 2.35. The second-order valence-corrected chi connectivity index (χ2v) is 5.39. The third-order valence-corrected chi connectivity index (χ3v) is 3.89. The Morgan fingerprint density at radius 1 is 1.39 bits per heavy atom. The van der Waals surface area contributed by atoms with Gasteiger partial charge in [-0.15, -0.1) is 11.3 Å². The summed E-state index contributed by atoms with van der Waals surface area (Å²) in [6.07, 6.45) is 0.794. The van der Waals surface area contributed by atoms with Gasteiger partial charge in [-0.3, -0.25) is 0 Å². The Morgan fingerprint density at radius 3 is 2.78 bits per heavy atom. The average molecular weight is 265 g/mol. The van der Waals surface area contributed by atoms with Gasteiger partial charge in [0.05, 0.1) is 11.1 Å². The van der Waals surface area contributed by atoms with Crippen molar-refractivity contribution in [3.8, 4) is 0 Å². The Morgan fingerprint density at radius 2 is 2.17 bits per heavy atom. The first-order valence-corrected chi connectivity index (χ1v) is 6.79. The molecule has 4 heteroatoms. The van der Waals surface area contributed by atoms with Crippen molar-refractivity contribution >= 4 is 11.3 Å². The summed E-state index contributed by atoms with van der Waals surface area (Å²) in [6.45, 7) is 3.66. The van der Waals surface area contributed by atoms with Crippen LogP contribution < -0.4 is 0 Å². The van der Waals surface area contributed by atoms with Crippen molar-refractivity contribution in [1.82, 2.24) is 4.98 Å². The van der Waals surface area contributed by atoms with E-state index in [1.165, 1.54) is 6.07 Å². The summed E-state index contributed by atoms with van der Waals surface area (Å²) >= 11 is 1.61. The van der Waals surface area contributed by atoms with Gasteiger partial charge >= 0.3 is 0 Å². The minimum atomic E-state index is -0.562. The van der Waals surface area contributed by atoms with Gasteiger partial charge in [0, 0.05) is 17.5 Å². The smallest absolute Gasteiger partial charge is 0.126 e. The normalized spacial score (nSPS) is 12.7.